The topological polar surface area (TPSA) is 32.7 Å². The third-order valence-electron chi connectivity index (χ3n) is 2.56. The van der Waals surface area contributed by atoms with Crippen molar-refractivity contribution in [1.82, 2.24) is 0 Å². The first-order chi connectivity index (χ1) is 7.24. The summed E-state index contributed by atoms with van der Waals surface area (Å²) in [5.41, 5.74) is 1.01. The van der Waals surface area contributed by atoms with Crippen molar-refractivity contribution in [3.63, 3.8) is 0 Å². The number of likely N-dealkylation sites (N-methyl/N-ethyl adjacent to an activating group) is 1. The second-order valence-corrected chi connectivity index (χ2v) is 4.01. The zero-order valence-corrected chi connectivity index (χ0v) is 9.37. The molecule has 1 atom stereocenters. The lowest BCUT2D eigenvalue weighted by molar-refractivity contribution is 0.112. The van der Waals surface area contributed by atoms with Crippen molar-refractivity contribution in [3.05, 3.63) is 23.2 Å². The third-order valence-corrected chi connectivity index (χ3v) is 2.80. The number of anilines is 1. The zero-order valence-electron chi connectivity index (χ0n) is 8.61. The second kappa shape index (κ2) is 4.29. The molecule has 3 nitrogen and oxygen atoms in total. The maximum Gasteiger partial charge on any atom is 0.143 e. The maximum absolute atomic E-state index is 9.11. The van der Waals surface area contributed by atoms with Crippen LogP contribution in [-0.2, 0) is 0 Å². The monoisotopic (exact) mass is 227 g/mol. The van der Waals surface area contributed by atoms with Gasteiger partial charge in [0.1, 0.15) is 11.9 Å². The summed E-state index contributed by atoms with van der Waals surface area (Å²) in [5.74, 6) is 0.798. The van der Waals surface area contributed by atoms with Crippen LogP contribution in [0.5, 0.6) is 5.75 Å². The normalized spacial score (nSPS) is 19.7. The minimum atomic E-state index is -0.140. The van der Waals surface area contributed by atoms with Crippen molar-refractivity contribution in [2.75, 3.05) is 24.6 Å². The van der Waals surface area contributed by atoms with E-state index >= 15 is 0 Å². The quantitative estimate of drug-likeness (QED) is 0.838. The van der Waals surface area contributed by atoms with Gasteiger partial charge in [-0.1, -0.05) is 11.6 Å². The molecule has 82 valence electrons. The summed E-state index contributed by atoms with van der Waals surface area (Å²) in [7, 11) is 0. The Morgan fingerprint density at radius 2 is 2.40 bits per heavy atom. The first kappa shape index (κ1) is 10.6. The van der Waals surface area contributed by atoms with Crippen LogP contribution < -0.4 is 9.64 Å². The Kier molecular flexibility index (Phi) is 3.03. The van der Waals surface area contributed by atoms with Gasteiger partial charge in [0.25, 0.3) is 0 Å². The van der Waals surface area contributed by atoms with Crippen LogP contribution in [0.25, 0.3) is 0 Å². The summed E-state index contributed by atoms with van der Waals surface area (Å²) < 4.78 is 5.62. The lowest BCUT2D eigenvalue weighted by Crippen LogP contribution is -2.41. The Bertz CT molecular complexity index is 356. The number of halogens is 1. The van der Waals surface area contributed by atoms with E-state index in [1.165, 1.54) is 0 Å². The number of benzene rings is 1. The van der Waals surface area contributed by atoms with Gasteiger partial charge in [-0.15, -0.1) is 0 Å². The molecule has 0 aliphatic carbocycles. The van der Waals surface area contributed by atoms with Crippen LogP contribution in [0.4, 0.5) is 5.69 Å². The first-order valence-electron chi connectivity index (χ1n) is 5.06. The molecule has 0 saturated heterocycles. The van der Waals surface area contributed by atoms with E-state index in [0.717, 1.165) is 18.0 Å². The Labute approximate surface area is 94.2 Å². The first-order valence-corrected chi connectivity index (χ1v) is 5.44. The number of aliphatic hydroxyl groups is 1. The molecule has 0 fully saturated rings. The van der Waals surface area contributed by atoms with Gasteiger partial charge in [0.05, 0.1) is 18.8 Å². The van der Waals surface area contributed by atoms with Crippen molar-refractivity contribution in [3.8, 4) is 5.75 Å². The molecular weight excluding hydrogens is 214 g/mol. The maximum atomic E-state index is 9.11. The summed E-state index contributed by atoms with van der Waals surface area (Å²) in [6.45, 7) is 3.70. The molecular formula is C11H14ClNO2. The second-order valence-electron chi connectivity index (χ2n) is 3.57. The van der Waals surface area contributed by atoms with Crippen LogP contribution in [0.2, 0.25) is 5.02 Å². The summed E-state index contributed by atoms with van der Waals surface area (Å²) in [6.07, 6.45) is -0.140. The highest BCUT2D eigenvalue weighted by molar-refractivity contribution is 6.30. The number of hydrogen-bond acceptors (Lipinski definition) is 3. The van der Waals surface area contributed by atoms with E-state index in [9.17, 15) is 0 Å². The lowest BCUT2D eigenvalue weighted by Gasteiger charge is -2.35. The highest BCUT2D eigenvalue weighted by atomic mass is 35.5. The number of hydrogen-bond donors (Lipinski definition) is 1. The van der Waals surface area contributed by atoms with E-state index in [0.29, 0.717) is 11.6 Å². The number of ether oxygens (including phenoxy) is 1. The Balaban J connectivity index is 2.35. The van der Waals surface area contributed by atoms with Crippen LogP contribution in [0.3, 0.4) is 0 Å². The van der Waals surface area contributed by atoms with Gasteiger partial charge in [0.15, 0.2) is 0 Å². The Hall–Kier alpha value is -0.930. The van der Waals surface area contributed by atoms with Gasteiger partial charge < -0.3 is 14.7 Å². The van der Waals surface area contributed by atoms with E-state index in [2.05, 4.69) is 11.8 Å². The fourth-order valence-electron chi connectivity index (χ4n) is 1.79. The fraction of sp³-hybridized carbons (Fsp3) is 0.455. The van der Waals surface area contributed by atoms with Crippen LogP contribution in [0.1, 0.15) is 6.92 Å². The summed E-state index contributed by atoms with van der Waals surface area (Å²) >= 11 is 5.94. The molecule has 0 aromatic heterocycles. The van der Waals surface area contributed by atoms with Gasteiger partial charge >= 0.3 is 0 Å². The predicted molar refractivity (Wildman–Crippen MR) is 60.8 cm³/mol. The summed E-state index contributed by atoms with van der Waals surface area (Å²) in [6, 6.07) is 5.55. The summed E-state index contributed by atoms with van der Waals surface area (Å²) in [5, 5.41) is 9.81. The number of fused-ring (bicyclic) bond motifs is 1. The van der Waals surface area contributed by atoms with Crippen molar-refractivity contribution in [2.24, 2.45) is 0 Å². The molecule has 0 amide bonds. The van der Waals surface area contributed by atoms with Gasteiger partial charge in [-0.05, 0) is 25.1 Å². The molecule has 1 aromatic carbocycles. The van der Waals surface area contributed by atoms with Gasteiger partial charge in [0.2, 0.25) is 0 Å². The molecule has 4 heteroatoms. The van der Waals surface area contributed by atoms with E-state index in [1.807, 2.05) is 12.1 Å². The number of aliphatic hydroxyl groups excluding tert-OH is 1. The molecule has 0 radical (unpaired) electrons. The molecule has 1 N–H and O–H groups in total. The van der Waals surface area contributed by atoms with Crippen molar-refractivity contribution in [2.45, 2.75) is 13.0 Å². The highest BCUT2D eigenvalue weighted by Crippen LogP contribution is 2.35. The van der Waals surface area contributed by atoms with Crippen LogP contribution in [-0.4, -0.2) is 30.9 Å². The molecule has 1 aromatic rings. The minimum Gasteiger partial charge on any atom is -0.484 e. The van der Waals surface area contributed by atoms with E-state index in [-0.39, 0.29) is 12.7 Å². The smallest absolute Gasteiger partial charge is 0.143 e. The fourth-order valence-corrected chi connectivity index (χ4v) is 1.96. The molecule has 0 saturated carbocycles. The Morgan fingerprint density at radius 3 is 3.07 bits per heavy atom. The predicted octanol–water partition coefficient (Wildman–Crippen LogP) is 1.92. The van der Waals surface area contributed by atoms with Crippen molar-refractivity contribution < 1.29 is 9.84 Å². The molecule has 0 bridgehead atoms. The molecule has 1 aliphatic heterocycles. The van der Waals surface area contributed by atoms with Gasteiger partial charge in [0, 0.05) is 11.6 Å². The van der Waals surface area contributed by atoms with Crippen LogP contribution in [0, 0.1) is 0 Å². The van der Waals surface area contributed by atoms with Gasteiger partial charge in [-0.3, -0.25) is 0 Å². The van der Waals surface area contributed by atoms with E-state index < -0.39 is 0 Å². The number of nitrogens with zero attached hydrogens (tertiary/aromatic N) is 1. The molecule has 2 rings (SSSR count). The van der Waals surface area contributed by atoms with Crippen molar-refractivity contribution >= 4 is 17.3 Å². The van der Waals surface area contributed by atoms with E-state index in [1.54, 1.807) is 6.07 Å². The van der Waals surface area contributed by atoms with Crippen molar-refractivity contribution in [1.29, 1.82) is 0 Å². The average molecular weight is 228 g/mol. The molecule has 1 heterocycles. The Morgan fingerprint density at radius 1 is 1.60 bits per heavy atom. The number of rotatable bonds is 2. The minimum absolute atomic E-state index is 0.0402. The molecule has 1 aliphatic rings. The average Bonchev–Trinajstić information content (AvgIpc) is 2.27. The SMILES string of the molecule is CCN1CC(CO)Oc2ccc(Cl)cc21. The molecule has 0 spiro atoms. The lowest BCUT2D eigenvalue weighted by atomic mass is 10.2. The molecule has 1 unspecified atom stereocenters. The largest absolute Gasteiger partial charge is 0.484 e. The van der Waals surface area contributed by atoms with Gasteiger partial charge in [-0.25, -0.2) is 0 Å². The summed E-state index contributed by atoms with van der Waals surface area (Å²) in [4.78, 5) is 2.16. The standard InChI is InChI=1S/C11H14ClNO2/c1-2-13-6-9(7-14)15-11-4-3-8(12)5-10(11)13/h3-5,9,14H,2,6-7H2,1H3. The van der Waals surface area contributed by atoms with Crippen LogP contribution in [0.15, 0.2) is 18.2 Å². The van der Waals surface area contributed by atoms with Crippen LogP contribution >= 0.6 is 11.6 Å². The highest BCUT2D eigenvalue weighted by Gasteiger charge is 2.24. The van der Waals surface area contributed by atoms with E-state index in [4.69, 9.17) is 21.4 Å². The zero-order chi connectivity index (χ0) is 10.8. The third kappa shape index (κ3) is 2.03. The van der Waals surface area contributed by atoms with Gasteiger partial charge in [-0.2, -0.15) is 0 Å². The molecule has 15 heavy (non-hydrogen) atoms.